The van der Waals surface area contributed by atoms with Crippen LogP contribution in [0.2, 0.25) is 5.02 Å². The summed E-state index contributed by atoms with van der Waals surface area (Å²) in [6, 6.07) is 16.7. The molecule has 1 amide bonds. The van der Waals surface area contributed by atoms with Crippen molar-refractivity contribution in [1.82, 2.24) is 9.97 Å². The highest BCUT2D eigenvalue weighted by Crippen LogP contribution is 2.32. The summed E-state index contributed by atoms with van der Waals surface area (Å²) >= 11 is 7.59. The Bertz CT molecular complexity index is 1200. The van der Waals surface area contributed by atoms with Crippen molar-refractivity contribution in [1.29, 1.82) is 0 Å². The Morgan fingerprint density at radius 1 is 1.12 bits per heavy atom. The minimum atomic E-state index is -0.141. The molecule has 4 rings (SSSR count). The molecular weight excluding hydrogens is 442 g/mol. The van der Waals surface area contributed by atoms with Crippen LogP contribution in [0, 0.1) is 0 Å². The monoisotopic (exact) mass is 465 g/mol. The SMILES string of the molecule is CCCCCOc1cccc(C(=O)N(Cc2cccnc2)c2nc3ccc(Cl)cc3s2)c1. The summed E-state index contributed by atoms with van der Waals surface area (Å²) in [6.45, 7) is 3.16. The number of pyridine rings is 1. The summed E-state index contributed by atoms with van der Waals surface area (Å²) in [4.78, 5) is 24.2. The van der Waals surface area contributed by atoms with Gasteiger partial charge in [0, 0.05) is 23.0 Å². The smallest absolute Gasteiger partial charge is 0.260 e. The minimum absolute atomic E-state index is 0.141. The van der Waals surface area contributed by atoms with Gasteiger partial charge < -0.3 is 4.74 Å². The molecule has 0 aliphatic heterocycles. The first-order chi connectivity index (χ1) is 15.6. The zero-order chi connectivity index (χ0) is 22.3. The first kappa shape index (κ1) is 22.2. The fraction of sp³-hybridized carbons (Fsp3) is 0.240. The molecule has 7 heteroatoms. The molecule has 164 valence electrons. The van der Waals surface area contributed by atoms with E-state index in [4.69, 9.17) is 21.3 Å². The van der Waals surface area contributed by atoms with Gasteiger partial charge in [0.25, 0.3) is 5.91 Å². The lowest BCUT2D eigenvalue weighted by Crippen LogP contribution is -2.30. The number of carbonyl (C=O) groups excluding carboxylic acids is 1. The largest absolute Gasteiger partial charge is 0.494 e. The average molecular weight is 466 g/mol. The zero-order valence-corrected chi connectivity index (χ0v) is 19.4. The number of ether oxygens (including phenoxy) is 1. The van der Waals surface area contributed by atoms with Crippen LogP contribution >= 0.6 is 22.9 Å². The Morgan fingerprint density at radius 3 is 2.84 bits per heavy atom. The van der Waals surface area contributed by atoms with Gasteiger partial charge in [0.1, 0.15) is 5.75 Å². The number of hydrogen-bond acceptors (Lipinski definition) is 5. The predicted molar refractivity (Wildman–Crippen MR) is 131 cm³/mol. The molecule has 2 aromatic heterocycles. The average Bonchev–Trinajstić information content (AvgIpc) is 3.23. The normalized spacial score (nSPS) is 10.9. The second kappa shape index (κ2) is 10.6. The number of anilines is 1. The molecule has 32 heavy (non-hydrogen) atoms. The van der Waals surface area contributed by atoms with E-state index in [-0.39, 0.29) is 5.91 Å². The van der Waals surface area contributed by atoms with E-state index in [1.165, 1.54) is 11.3 Å². The van der Waals surface area contributed by atoms with Crippen molar-refractivity contribution in [2.75, 3.05) is 11.5 Å². The fourth-order valence-corrected chi connectivity index (χ4v) is 4.56. The van der Waals surface area contributed by atoms with Crippen LogP contribution in [0.25, 0.3) is 10.2 Å². The molecule has 0 fully saturated rings. The number of amides is 1. The Hall–Kier alpha value is -2.96. The summed E-state index contributed by atoms with van der Waals surface area (Å²) in [7, 11) is 0. The lowest BCUT2D eigenvalue weighted by Gasteiger charge is -2.20. The molecule has 5 nitrogen and oxygen atoms in total. The van der Waals surface area contributed by atoms with Crippen molar-refractivity contribution in [2.45, 2.75) is 32.7 Å². The van der Waals surface area contributed by atoms with Crippen LogP contribution in [-0.4, -0.2) is 22.5 Å². The fourth-order valence-electron chi connectivity index (χ4n) is 3.32. The predicted octanol–water partition coefficient (Wildman–Crippen LogP) is 6.76. The van der Waals surface area contributed by atoms with Crippen LogP contribution in [0.3, 0.4) is 0 Å². The van der Waals surface area contributed by atoms with Gasteiger partial charge in [0.2, 0.25) is 0 Å². The van der Waals surface area contributed by atoms with E-state index in [0.29, 0.717) is 34.6 Å². The number of fused-ring (bicyclic) bond motifs is 1. The Morgan fingerprint density at radius 2 is 2.03 bits per heavy atom. The van der Waals surface area contributed by atoms with Crippen LogP contribution in [0.4, 0.5) is 5.13 Å². The molecular formula is C25H24ClN3O2S. The molecule has 0 atom stereocenters. The van der Waals surface area contributed by atoms with Gasteiger partial charge in [-0.05, 0) is 54.4 Å². The van der Waals surface area contributed by atoms with Crippen LogP contribution < -0.4 is 9.64 Å². The summed E-state index contributed by atoms with van der Waals surface area (Å²) in [5, 5.41) is 1.26. The summed E-state index contributed by atoms with van der Waals surface area (Å²) in [5.41, 5.74) is 2.29. The summed E-state index contributed by atoms with van der Waals surface area (Å²) in [6.07, 6.45) is 6.74. The lowest BCUT2D eigenvalue weighted by atomic mass is 10.1. The van der Waals surface area contributed by atoms with Gasteiger partial charge in [-0.15, -0.1) is 0 Å². The Balaban J connectivity index is 1.64. The summed E-state index contributed by atoms with van der Waals surface area (Å²) in [5.74, 6) is 0.558. The third kappa shape index (κ3) is 5.44. The van der Waals surface area contributed by atoms with Crippen molar-refractivity contribution in [3.05, 3.63) is 83.1 Å². The van der Waals surface area contributed by atoms with E-state index >= 15 is 0 Å². The van der Waals surface area contributed by atoms with Gasteiger partial charge in [-0.3, -0.25) is 14.7 Å². The van der Waals surface area contributed by atoms with E-state index in [0.717, 1.165) is 35.0 Å². The van der Waals surface area contributed by atoms with Crippen molar-refractivity contribution < 1.29 is 9.53 Å². The van der Waals surface area contributed by atoms with E-state index in [1.807, 2.05) is 42.5 Å². The number of unbranched alkanes of at least 4 members (excludes halogenated alkanes) is 2. The molecule has 0 aliphatic rings. The van der Waals surface area contributed by atoms with Gasteiger partial charge in [-0.25, -0.2) is 4.98 Å². The highest BCUT2D eigenvalue weighted by Gasteiger charge is 2.22. The van der Waals surface area contributed by atoms with Gasteiger partial charge in [0.15, 0.2) is 5.13 Å². The van der Waals surface area contributed by atoms with Gasteiger partial charge in [-0.2, -0.15) is 0 Å². The maximum absolute atomic E-state index is 13.6. The Labute approximate surface area is 196 Å². The second-order valence-corrected chi connectivity index (χ2v) is 8.89. The topological polar surface area (TPSA) is 55.3 Å². The van der Waals surface area contributed by atoms with E-state index in [1.54, 1.807) is 29.4 Å². The molecule has 0 spiro atoms. The van der Waals surface area contributed by atoms with E-state index in [2.05, 4.69) is 11.9 Å². The number of carbonyl (C=O) groups is 1. The molecule has 0 N–H and O–H groups in total. The first-order valence-electron chi connectivity index (χ1n) is 10.6. The quantitative estimate of drug-likeness (QED) is 0.256. The number of hydrogen-bond donors (Lipinski definition) is 0. The second-order valence-electron chi connectivity index (χ2n) is 7.44. The maximum Gasteiger partial charge on any atom is 0.260 e. The van der Waals surface area contributed by atoms with E-state index in [9.17, 15) is 4.79 Å². The molecule has 0 saturated heterocycles. The molecule has 0 radical (unpaired) electrons. The third-order valence-corrected chi connectivity index (χ3v) is 6.25. The van der Waals surface area contributed by atoms with Crippen molar-refractivity contribution in [2.24, 2.45) is 0 Å². The molecule has 2 aromatic carbocycles. The number of aromatic nitrogens is 2. The lowest BCUT2D eigenvalue weighted by molar-refractivity contribution is 0.0984. The van der Waals surface area contributed by atoms with Crippen LogP contribution in [0.15, 0.2) is 67.0 Å². The highest BCUT2D eigenvalue weighted by atomic mass is 35.5. The van der Waals surface area contributed by atoms with Crippen LogP contribution in [0.1, 0.15) is 42.1 Å². The van der Waals surface area contributed by atoms with Crippen LogP contribution in [0.5, 0.6) is 5.75 Å². The van der Waals surface area contributed by atoms with Crippen molar-refractivity contribution >= 4 is 44.2 Å². The number of nitrogens with zero attached hydrogens (tertiary/aromatic N) is 3. The molecule has 2 heterocycles. The molecule has 0 saturated carbocycles. The number of benzene rings is 2. The van der Waals surface area contributed by atoms with Crippen molar-refractivity contribution in [3.8, 4) is 5.75 Å². The molecule has 4 aromatic rings. The highest BCUT2D eigenvalue weighted by molar-refractivity contribution is 7.22. The number of rotatable bonds is 9. The first-order valence-corrected chi connectivity index (χ1v) is 11.8. The zero-order valence-electron chi connectivity index (χ0n) is 17.8. The standard InChI is InChI=1S/C25H24ClN3O2S/c1-2-3-4-13-31-21-9-5-8-19(14-21)24(30)29(17-18-7-6-12-27-16-18)25-28-22-11-10-20(26)15-23(22)32-25/h5-12,14-16H,2-4,13,17H2,1H3. The number of halogens is 1. The molecule has 0 unspecified atom stereocenters. The number of thiazole rings is 1. The van der Waals surface area contributed by atoms with Gasteiger partial charge >= 0.3 is 0 Å². The third-order valence-electron chi connectivity index (χ3n) is 4.98. The van der Waals surface area contributed by atoms with Crippen molar-refractivity contribution in [3.63, 3.8) is 0 Å². The minimum Gasteiger partial charge on any atom is -0.494 e. The van der Waals surface area contributed by atoms with E-state index < -0.39 is 0 Å². The molecule has 0 aliphatic carbocycles. The molecule has 0 bridgehead atoms. The maximum atomic E-state index is 13.6. The van der Waals surface area contributed by atoms with Crippen LogP contribution in [-0.2, 0) is 6.54 Å². The van der Waals surface area contributed by atoms with Gasteiger partial charge in [-0.1, -0.05) is 54.8 Å². The Kier molecular flexibility index (Phi) is 7.35. The van der Waals surface area contributed by atoms with Gasteiger partial charge in [0.05, 0.1) is 23.4 Å². The summed E-state index contributed by atoms with van der Waals surface area (Å²) < 4.78 is 6.79.